The number of ketones is 1. The molecule has 0 saturated heterocycles. The summed E-state index contributed by atoms with van der Waals surface area (Å²) in [6.45, 7) is 7.26. The monoisotopic (exact) mass is 541 g/mol. The first-order valence-corrected chi connectivity index (χ1v) is 13.7. The predicted octanol–water partition coefficient (Wildman–Crippen LogP) is 4.94. The Balaban J connectivity index is 1.23. The summed E-state index contributed by atoms with van der Waals surface area (Å²) in [5.41, 5.74) is 4.33. The van der Waals surface area contributed by atoms with Crippen LogP contribution in [0.1, 0.15) is 57.3 Å². The molecule has 0 spiro atoms. The Kier molecular flexibility index (Phi) is 8.28. The van der Waals surface area contributed by atoms with Crippen molar-refractivity contribution in [1.82, 2.24) is 39.8 Å². The number of carbonyl (C=O) groups excluding carboxylic acids is 1. The van der Waals surface area contributed by atoms with E-state index in [2.05, 4.69) is 44.8 Å². The number of anilines is 1. The molecule has 0 amide bonds. The minimum atomic E-state index is 0.356. The quantitative estimate of drug-likeness (QED) is 0.206. The highest BCUT2D eigenvalue weighted by molar-refractivity contribution is 5.84. The van der Waals surface area contributed by atoms with Gasteiger partial charge in [-0.2, -0.15) is 4.80 Å². The molecule has 3 aromatic heterocycles. The van der Waals surface area contributed by atoms with Crippen molar-refractivity contribution in [3.05, 3.63) is 53.9 Å². The van der Waals surface area contributed by atoms with Gasteiger partial charge in [-0.15, -0.1) is 20.4 Å². The van der Waals surface area contributed by atoms with Crippen LogP contribution in [0.15, 0.2) is 42.5 Å². The van der Waals surface area contributed by atoms with Gasteiger partial charge >= 0.3 is 0 Å². The van der Waals surface area contributed by atoms with E-state index in [0.717, 1.165) is 59.5 Å². The van der Waals surface area contributed by atoms with Crippen LogP contribution >= 0.6 is 0 Å². The molecule has 1 N–H and O–H groups in total. The highest BCUT2D eigenvalue weighted by Crippen LogP contribution is 2.26. The molecule has 208 valence electrons. The molecule has 5 aromatic rings. The molecule has 0 atom stereocenters. The summed E-state index contributed by atoms with van der Waals surface area (Å²) in [5.74, 6) is 3.58. The van der Waals surface area contributed by atoms with Crippen LogP contribution in [0.4, 0.5) is 5.82 Å². The van der Waals surface area contributed by atoms with Crippen LogP contribution in [0.5, 0.6) is 5.75 Å². The van der Waals surface area contributed by atoms with Crippen LogP contribution in [0.2, 0.25) is 0 Å². The van der Waals surface area contributed by atoms with E-state index in [-0.39, 0.29) is 0 Å². The first kappa shape index (κ1) is 27.2. The maximum Gasteiger partial charge on any atom is 0.204 e. The van der Waals surface area contributed by atoms with E-state index in [1.165, 1.54) is 4.80 Å². The van der Waals surface area contributed by atoms with Gasteiger partial charge in [-0.3, -0.25) is 9.20 Å². The third-order valence-corrected chi connectivity index (χ3v) is 6.64. The number of benzene rings is 2. The smallest absolute Gasteiger partial charge is 0.204 e. The number of hydrogen-bond donors (Lipinski definition) is 1. The number of tetrazole rings is 1. The van der Waals surface area contributed by atoms with Gasteiger partial charge in [0.1, 0.15) is 24.0 Å². The highest BCUT2D eigenvalue weighted by Gasteiger charge is 2.14. The Labute approximate surface area is 233 Å². The fraction of sp³-hybridized carbons (Fsp3) is 0.414. The van der Waals surface area contributed by atoms with E-state index >= 15 is 0 Å². The molecule has 0 radical (unpaired) electrons. The van der Waals surface area contributed by atoms with Gasteiger partial charge in [-0.25, -0.2) is 4.98 Å². The van der Waals surface area contributed by atoms with Gasteiger partial charge in [0.2, 0.25) is 11.5 Å². The number of nitrogens with one attached hydrogen (secondary N) is 1. The third-order valence-electron chi connectivity index (χ3n) is 6.64. The summed E-state index contributed by atoms with van der Waals surface area (Å²) in [7, 11) is 1.74. The molecule has 2 aromatic carbocycles. The van der Waals surface area contributed by atoms with Crippen molar-refractivity contribution in [2.75, 3.05) is 11.9 Å². The number of hydrogen-bond acceptors (Lipinski definition) is 9. The maximum atomic E-state index is 11.9. The molecule has 11 heteroatoms. The van der Waals surface area contributed by atoms with E-state index in [9.17, 15) is 4.79 Å². The Bertz CT molecular complexity index is 1610. The number of unbranched alkanes of at least 4 members (excludes halogenated alkanes) is 2. The maximum absolute atomic E-state index is 11.9. The highest BCUT2D eigenvalue weighted by atomic mass is 16.5. The summed E-state index contributed by atoms with van der Waals surface area (Å²) < 4.78 is 8.12. The number of rotatable bonds is 13. The second kappa shape index (κ2) is 12.2. The Hall–Kier alpha value is -4.41. The van der Waals surface area contributed by atoms with Crippen molar-refractivity contribution in [3.8, 4) is 17.1 Å². The summed E-state index contributed by atoms with van der Waals surface area (Å²) in [6, 6.07) is 13.8. The average molecular weight is 542 g/mol. The van der Waals surface area contributed by atoms with Crippen molar-refractivity contribution in [3.63, 3.8) is 0 Å². The number of aryl methyl sites for hydroxylation is 2. The third kappa shape index (κ3) is 6.41. The Morgan fingerprint density at radius 1 is 1.02 bits per heavy atom. The van der Waals surface area contributed by atoms with E-state index in [1.54, 1.807) is 7.05 Å². The van der Waals surface area contributed by atoms with Crippen molar-refractivity contribution < 1.29 is 9.53 Å². The summed E-state index contributed by atoms with van der Waals surface area (Å²) in [4.78, 5) is 18.2. The standard InChI is InChI=1S/C29H35N9O2/c1-19(2)16-23(39)8-6-5-7-15-30-28-29-34-32-20(3)38(29)26-14-13-24(17-25(26)31-28)40-18-21-9-11-22(12-10-21)27-33-36-37(4)35-27/h9-14,17,19H,5-8,15-16,18H2,1-4H3,(H,30,31). The lowest BCUT2D eigenvalue weighted by Gasteiger charge is -2.12. The molecule has 0 aliphatic heterocycles. The summed E-state index contributed by atoms with van der Waals surface area (Å²) in [6.07, 6.45) is 4.18. The summed E-state index contributed by atoms with van der Waals surface area (Å²) >= 11 is 0. The largest absolute Gasteiger partial charge is 0.489 e. The van der Waals surface area contributed by atoms with Gasteiger partial charge < -0.3 is 10.1 Å². The molecule has 40 heavy (non-hydrogen) atoms. The van der Waals surface area contributed by atoms with Gasteiger partial charge in [-0.05, 0) is 48.6 Å². The van der Waals surface area contributed by atoms with E-state index in [4.69, 9.17) is 9.72 Å². The predicted molar refractivity (Wildman–Crippen MR) is 153 cm³/mol. The van der Waals surface area contributed by atoms with Crippen LogP contribution in [-0.2, 0) is 18.4 Å². The SMILES string of the molecule is Cc1nnc2c(NCCCCCC(=O)CC(C)C)nc3cc(OCc4ccc(-c5nnn(C)n5)cc4)ccc3n12. The first-order chi connectivity index (χ1) is 19.4. The van der Waals surface area contributed by atoms with Crippen molar-refractivity contribution in [2.45, 2.75) is 59.5 Å². The van der Waals surface area contributed by atoms with Crippen LogP contribution in [-0.4, -0.2) is 52.1 Å². The van der Waals surface area contributed by atoms with Crippen LogP contribution < -0.4 is 10.1 Å². The number of fused-ring (bicyclic) bond motifs is 3. The molecular weight excluding hydrogens is 506 g/mol. The van der Waals surface area contributed by atoms with Crippen molar-refractivity contribution in [1.29, 1.82) is 0 Å². The molecule has 0 saturated carbocycles. The summed E-state index contributed by atoms with van der Waals surface area (Å²) in [5, 5.41) is 24.3. The fourth-order valence-corrected chi connectivity index (χ4v) is 4.67. The van der Waals surface area contributed by atoms with E-state index < -0.39 is 0 Å². The second-order valence-electron chi connectivity index (χ2n) is 10.5. The molecule has 0 fully saturated rings. The lowest BCUT2D eigenvalue weighted by molar-refractivity contribution is -0.119. The lowest BCUT2D eigenvalue weighted by Crippen LogP contribution is -2.07. The molecule has 5 rings (SSSR count). The zero-order valence-electron chi connectivity index (χ0n) is 23.5. The van der Waals surface area contributed by atoms with Gasteiger partial charge in [0, 0.05) is 31.0 Å². The van der Waals surface area contributed by atoms with Crippen LogP contribution in [0.25, 0.3) is 28.1 Å². The number of Topliss-reactive ketones (excluding diaryl/α,β-unsaturated/α-hetero) is 1. The van der Waals surface area contributed by atoms with Gasteiger partial charge in [0.15, 0.2) is 5.82 Å². The topological polar surface area (TPSA) is 125 Å². The van der Waals surface area contributed by atoms with E-state index in [1.807, 2.05) is 53.8 Å². The number of ether oxygens (including phenoxy) is 1. The van der Waals surface area contributed by atoms with Crippen LogP contribution in [0.3, 0.4) is 0 Å². The van der Waals surface area contributed by atoms with Gasteiger partial charge in [-0.1, -0.05) is 44.5 Å². The van der Waals surface area contributed by atoms with Crippen molar-refractivity contribution in [2.24, 2.45) is 13.0 Å². The minimum absolute atomic E-state index is 0.356. The molecule has 11 nitrogen and oxygen atoms in total. The fourth-order valence-electron chi connectivity index (χ4n) is 4.67. The number of carbonyl (C=O) groups is 1. The molecule has 0 aliphatic rings. The Morgan fingerprint density at radius 2 is 1.85 bits per heavy atom. The number of nitrogens with zero attached hydrogens (tertiary/aromatic N) is 8. The average Bonchev–Trinajstić information content (AvgIpc) is 3.55. The molecule has 0 unspecified atom stereocenters. The zero-order valence-corrected chi connectivity index (χ0v) is 23.5. The first-order valence-electron chi connectivity index (χ1n) is 13.7. The van der Waals surface area contributed by atoms with E-state index in [0.29, 0.717) is 48.4 Å². The second-order valence-corrected chi connectivity index (χ2v) is 10.5. The molecular formula is C29H35N9O2. The van der Waals surface area contributed by atoms with Gasteiger partial charge in [0.05, 0.1) is 18.1 Å². The molecule has 3 heterocycles. The minimum Gasteiger partial charge on any atom is -0.489 e. The van der Waals surface area contributed by atoms with Crippen LogP contribution in [0, 0.1) is 12.8 Å². The zero-order chi connectivity index (χ0) is 28.1. The Morgan fingerprint density at radius 3 is 2.60 bits per heavy atom. The van der Waals surface area contributed by atoms with Gasteiger partial charge in [0.25, 0.3) is 0 Å². The van der Waals surface area contributed by atoms with Crippen molar-refractivity contribution >= 4 is 28.3 Å². The molecule has 0 bridgehead atoms. The molecule has 0 aliphatic carbocycles. The lowest BCUT2D eigenvalue weighted by atomic mass is 10.0. The normalized spacial score (nSPS) is 11.5. The number of aromatic nitrogens is 8.